The van der Waals surface area contributed by atoms with Crippen LogP contribution in [0.3, 0.4) is 0 Å². The molecular weight excluding hydrogens is 390 g/mol. The molecule has 154 valence electrons. The zero-order valence-corrected chi connectivity index (χ0v) is 17.1. The van der Waals surface area contributed by atoms with E-state index in [-0.39, 0.29) is 24.6 Å². The van der Waals surface area contributed by atoms with Crippen LogP contribution >= 0.6 is 11.6 Å². The van der Waals surface area contributed by atoms with E-state index >= 15 is 0 Å². The second-order valence-corrected chi connectivity index (χ2v) is 8.10. The van der Waals surface area contributed by atoms with Crippen LogP contribution in [0.1, 0.15) is 49.5 Å². The number of hydrogen-bond donors (Lipinski definition) is 1. The quantitative estimate of drug-likeness (QED) is 0.778. The van der Waals surface area contributed by atoms with Crippen LogP contribution in [0.4, 0.5) is 0 Å². The summed E-state index contributed by atoms with van der Waals surface area (Å²) in [6.07, 6.45) is 6.17. The highest BCUT2D eigenvalue weighted by atomic mass is 35.5. The highest BCUT2D eigenvalue weighted by Crippen LogP contribution is 2.33. The Balaban J connectivity index is 1.55. The Morgan fingerprint density at radius 2 is 2.07 bits per heavy atom. The molecule has 0 radical (unpaired) electrons. The minimum Gasteiger partial charge on any atom is -0.467 e. The van der Waals surface area contributed by atoms with E-state index in [1.165, 1.54) is 0 Å². The van der Waals surface area contributed by atoms with E-state index in [9.17, 15) is 9.90 Å². The lowest BCUT2D eigenvalue weighted by molar-refractivity contribution is -0.135. The molecule has 1 aromatic heterocycles. The lowest BCUT2D eigenvalue weighted by atomic mass is 9.99. The lowest BCUT2D eigenvalue weighted by Gasteiger charge is -2.35. The van der Waals surface area contributed by atoms with Gasteiger partial charge in [0.2, 0.25) is 0 Å². The SMILES string of the molecule is O=C(CN1CCCCC1CCO)N1N=C(c2ccc(Cl)cc2)CC1c1ccco1. The van der Waals surface area contributed by atoms with Crippen molar-refractivity contribution >= 4 is 23.2 Å². The number of piperidine rings is 1. The van der Waals surface area contributed by atoms with Crippen LogP contribution in [-0.4, -0.2) is 52.4 Å². The maximum Gasteiger partial charge on any atom is 0.257 e. The Hall–Kier alpha value is -2.15. The minimum atomic E-state index is -0.246. The molecular formula is C22H26ClN3O3. The number of rotatable bonds is 6. The molecule has 1 N–H and O–H groups in total. The van der Waals surface area contributed by atoms with E-state index in [1.54, 1.807) is 11.3 Å². The van der Waals surface area contributed by atoms with Gasteiger partial charge in [0.1, 0.15) is 11.8 Å². The number of halogens is 1. The molecule has 1 fully saturated rings. The van der Waals surface area contributed by atoms with Crippen LogP contribution in [0.25, 0.3) is 0 Å². The predicted octanol–water partition coefficient (Wildman–Crippen LogP) is 3.85. The smallest absolute Gasteiger partial charge is 0.257 e. The summed E-state index contributed by atoms with van der Waals surface area (Å²) in [5.41, 5.74) is 1.80. The van der Waals surface area contributed by atoms with Gasteiger partial charge in [0, 0.05) is 24.1 Å². The van der Waals surface area contributed by atoms with Crippen molar-refractivity contribution in [3.8, 4) is 0 Å². The van der Waals surface area contributed by atoms with Crippen LogP contribution in [0, 0.1) is 0 Å². The third-order valence-corrected chi connectivity index (χ3v) is 6.02. The molecule has 2 unspecified atom stereocenters. The first-order valence-corrected chi connectivity index (χ1v) is 10.6. The van der Waals surface area contributed by atoms with Gasteiger partial charge >= 0.3 is 0 Å². The summed E-state index contributed by atoms with van der Waals surface area (Å²) in [7, 11) is 0. The van der Waals surface area contributed by atoms with E-state index in [2.05, 4.69) is 10.0 Å². The fourth-order valence-corrected chi connectivity index (χ4v) is 4.38. The molecule has 0 saturated carbocycles. The average Bonchev–Trinajstić information content (AvgIpc) is 3.40. The highest BCUT2D eigenvalue weighted by molar-refractivity contribution is 6.30. The molecule has 2 aromatic rings. The molecule has 0 aliphatic carbocycles. The number of carbonyl (C=O) groups is 1. The molecule has 2 atom stereocenters. The van der Waals surface area contributed by atoms with Crippen molar-refractivity contribution in [3.63, 3.8) is 0 Å². The van der Waals surface area contributed by atoms with Crippen molar-refractivity contribution < 1.29 is 14.3 Å². The number of amides is 1. The summed E-state index contributed by atoms with van der Waals surface area (Å²) < 4.78 is 5.62. The van der Waals surface area contributed by atoms with Crippen molar-refractivity contribution in [2.45, 2.75) is 44.2 Å². The summed E-state index contributed by atoms with van der Waals surface area (Å²) >= 11 is 6.01. The summed E-state index contributed by atoms with van der Waals surface area (Å²) in [5.74, 6) is 0.691. The topological polar surface area (TPSA) is 69.3 Å². The van der Waals surface area contributed by atoms with Crippen LogP contribution < -0.4 is 0 Å². The Kier molecular flexibility index (Phi) is 6.33. The number of benzene rings is 1. The summed E-state index contributed by atoms with van der Waals surface area (Å²) in [6, 6.07) is 11.2. The minimum absolute atomic E-state index is 0.0415. The third-order valence-electron chi connectivity index (χ3n) is 5.76. The molecule has 1 saturated heterocycles. The first kappa shape index (κ1) is 20.1. The first-order valence-electron chi connectivity index (χ1n) is 10.2. The first-order chi connectivity index (χ1) is 14.2. The van der Waals surface area contributed by atoms with Gasteiger partial charge in [0.05, 0.1) is 18.5 Å². The van der Waals surface area contributed by atoms with Crippen LogP contribution in [0.15, 0.2) is 52.2 Å². The van der Waals surface area contributed by atoms with Crippen molar-refractivity contribution in [1.82, 2.24) is 9.91 Å². The highest BCUT2D eigenvalue weighted by Gasteiger charge is 2.36. The van der Waals surface area contributed by atoms with Gasteiger partial charge < -0.3 is 9.52 Å². The Morgan fingerprint density at radius 1 is 1.24 bits per heavy atom. The van der Waals surface area contributed by atoms with Crippen molar-refractivity contribution in [1.29, 1.82) is 0 Å². The Labute approximate surface area is 175 Å². The number of carbonyl (C=O) groups excluding carboxylic acids is 1. The van der Waals surface area contributed by atoms with E-state index in [1.807, 2.05) is 36.4 Å². The molecule has 4 rings (SSSR count). The largest absolute Gasteiger partial charge is 0.467 e. The molecule has 0 spiro atoms. The normalized spacial score (nSPS) is 22.7. The van der Waals surface area contributed by atoms with Gasteiger partial charge in [-0.2, -0.15) is 5.10 Å². The average molecular weight is 416 g/mol. The number of hydrogen-bond acceptors (Lipinski definition) is 5. The molecule has 3 heterocycles. The molecule has 1 aromatic carbocycles. The van der Waals surface area contributed by atoms with Gasteiger partial charge in [-0.25, -0.2) is 5.01 Å². The monoisotopic (exact) mass is 415 g/mol. The molecule has 2 aliphatic heterocycles. The van der Waals surface area contributed by atoms with Gasteiger partial charge in [-0.05, 0) is 55.6 Å². The third kappa shape index (κ3) is 4.55. The van der Waals surface area contributed by atoms with E-state index in [0.717, 1.165) is 42.8 Å². The van der Waals surface area contributed by atoms with Gasteiger partial charge in [0.15, 0.2) is 0 Å². The van der Waals surface area contributed by atoms with Crippen molar-refractivity contribution in [2.24, 2.45) is 5.10 Å². The standard InChI is InChI=1S/C22H26ClN3O3/c23-17-8-6-16(7-9-17)19-14-20(21-5-3-13-29-21)26(24-19)22(28)15-25-11-2-1-4-18(25)10-12-27/h3,5-9,13,18,20,27H,1-2,4,10-12,14-15H2. The molecule has 29 heavy (non-hydrogen) atoms. The Morgan fingerprint density at radius 3 is 2.79 bits per heavy atom. The second kappa shape index (κ2) is 9.11. The van der Waals surface area contributed by atoms with E-state index in [0.29, 0.717) is 24.4 Å². The van der Waals surface area contributed by atoms with Crippen molar-refractivity contribution in [2.75, 3.05) is 19.7 Å². The second-order valence-electron chi connectivity index (χ2n) is 7.66. The Bertz CT molecular complexity index is 849. The van der Waals surface area contributed by atoms with E-state index < -0.39 is 0 Å². The van der Waals surface area contributed by atoms with E-state index in [4.69, 9.17) is 16.0 Å². The number of aliphatic hydroxyl groups excluding tert-OH is 1. The van der Waals surface area contributed by atoms with Crippen molar-refractivity contribution in [3.05, 3.63) is 59.0 Å². The van der Waals surface area contributed by atoms with Gasteiger partial charge in [-0.3, -0.25) is 9.69 Å². The molecule has 0 bridgehead atoms. The summed E-state index contributed by atoms with van der Waals surface area (Å²) in [6.45, 7) is 1.33. The molecule has 7 heteroatoms. The van der Waals surface area contributed by atoms with Gasteiger partial charge in [0.25, 0.3) is 5.91 Å². The number of hydrazone groups is 1. The zero-order chi connectivity index (χ0) is 20.2. The maximum atomic E-state index is 13.3. The van der Waals surface area contributed by atoms with Gasteiger partial charge in [-0.15, -0.1) is 0 Å². The van der Waals surface area contributed by atoms with Crippen LogP contribution in [0.2, 0.25) is 5.02 Å². The van der Waals surface area contributed by atoms with Crippen LogP contribution in [-0.2, 0) is 4.79 Å². The zero-order valence-electron chi connectivity index (χ0n) is 16.3. The fraction of sp³-hybridized carbons (Fsp3) is 0.455. The molecule has 1 amide bonds. The summed E-state index contributed by atoms with van der Waals surface area (Å²) in [5, 5.41) is 16.3. The lowest BCUT2D eigenvalue weighted by Crippen LogP contribution is -2.46. The number of furan rings is 1. The number of likely N-dealkylation sites (tertiary alicyclic amines) is 1. The number of aliphatic hydroxyl groups is 1. The van der Waals surface area contributed by atoms with Crippen LogP contribution in [0.5, 0.6) is 0 Å². The fourth-order valence-electron chi connectivity index (χ4n) is 4.25. The predicted molar refractivity (Wildman–Crippen MR) is 112 cm³/mol. The maximum absolute atomic E-state index is 13.3. The molecule has 2 aliphatic rings. The van der Waals surface area contributed by atoms with Gasteiger partial charge in [-0.1, -0.05) is 30.2 Å². The summed E-state index contributed by atoms with van der Waals surface area (Å²) in [4.78, 5) is 15.4. The number of nitrogens with zero attached hydrogens (tertiary/aromatic N) is 3. The molecule has 6 nitrogen and oxygen atoms in total.